The smallest absolute Gasteiger partial charge is 0.271 e. The zero-order chi connectivity index (χ0) is 20.5. The van der Waals surface area contributed by atoms with Crippen molar-refractivity contribution >= 4 is 40.0 Å². The highest BCUT2D eigenvalue weighted by atomic mass is 16.1. The van der Waals surface area contributed by atoms with E-state index in [4.69, 9.17) is 11.5 Å². The van der Waals surface area contributed by atoms with Gasteiger partial charge in [0, 0.05) is 29.8 Å². The first-order valence-electron chi connectivity index (χ1n) is 9.46. The van der Waals surface area contributed by atoms with Gasteiger partial charge >= 0.3 is 0 Å². The summed E-state index contributed by atoms with van der Waals surface area (Å²) in [5, 5.41) is 7.17. The van der Waals surface area contributed by atoms with E-state index >= 15 is 0 Å². The predicted molar refractivity (Wildman–Crippen MR) is 111 cm³/mol. The molecule has 1 aliphatic rings. The second-order valence-corrected chi connectivity index (χ2v) is 7.39. The average Bonchev–Trinajstić information content (AvgIpc) is 3.42. The third kappa shape index (κ3) is 3.98. The molecule has 4 rings (SSSR count). The predicted octanol–water partition coefficient (Wildman–Crippen LogP) is 1.88. The van der Waals surface area contributed by atoms with Crippen LogP contribution in [0.4, 0.5) is 17.3 Å². The average molecular weight is 393 g/mol. The fourth-order valence-electron chi connectivity index (χ4n) is 3.38. The van der Waals surface area contributed by atoms with E-state index in [0.29, 0.717) is 18.2 Å². The molecule has 1 saturated carbocycles. The summed E-state index contributed by atoms with van der Waals surface area (Å²) < 4.78 is 1.99. The van der Waals surface area contributed by atoms with Crippen molar-refractivity contribution in [2.45, 2.75) is 25.3 Å². The summed E-state index contributed by atoms with van der Waals surface area (Å²) in [5.41, 5.74) is 12.8. The minimum absolute atomic E-state index is 0.0151. The zero-order valence-electron chi connectivity index (χ0n) is 16.1. The molecule has 0 bridgehead atoms. The van der Waals surface area contributed by atoms with Gasteiger partial charge in [0.15, 0.2) is 11.5 Å². The minimum atomic E-state index is -0.698. The Balaban J connectivity index is 1.66. The van der Waals surface area contributed by atoms with Gasteiger partial charge in [-0.2, -0.15) is 0 Å². The molecule has 1 aromatic carbocycles. The van der Waals surface area contributed by atoms with Crippen molar-refractivity contribution in [3.63, 3.8) is 0 Å². The van der Waals surface area contributed by atoms with Crippen molar-refractivity contribution in [2.24, 2.45) is 24.4 Å². The van der Waals surface area contributed by atoms with E-state index in [-0.39, 0.29) is 11.5 Å². The number of anilines is 3. The molecule has 9 heteroatoms. The van der Waals surface area contributed by atoms with Gasteiger partial charge in [0.2, 0.25) is 5.91 Å². The molecule has 2 aromatic heterocycles. The Kier molecular flexibility index (Phi) is 4.79. The maximum absolute atomic E-state index is 11.9. The number of primary amides is 2. The molecule has 150 valence electrons. The second-order valence-electron chi connectivity index (χ2n) is 7.39. The number of carbonyl (C=O) groups excluding carboxylic acids is 2. The van der Waals surface area contributed by atoms with Crippen LogP contribution in [0, 0.1) is 5.92 Å². The Bertz CT molecular complexity index is 1090. The minimum Gasteiger partial charge on any atom is -0.368 e. The van der Waals surface area contributed by atoms with Gasteiger partial charge in [0.1, 0.15) is 11.9 Å². The fourth-order valence-corrected chi connectivity index (χ4v) is 3.38. The number of amides is 2. The van der Waals surface area contributed by atoms with Crippen LogP contribution in [0.3, 0.4) is 0 Å². The Morgan fingerprint density at radius 1 is 1.28 bits per heavy atom. The van der Waals surface area contributed by atoms with Crippen molar-refractivity contribution in [1.29, 1.82) is 0 Å². The van der Waals surface area contributed by atoms with Gasteiger partial charge in [0.25, 0.3) is 5.91 Å². The Morgan fingerprint density at radius 2 is 2.07 bits per heavy atom. The van der Waals surface area contributed by atoms with E-state index in [1.54, 1.807) is 0 Å². The van der Waals surface area contributed by atoms with Crippen molar-refractivity contribution in [3.8, 4) is 0 Å². The molecule has 6 N–H and O–H groups in total. The summed E-state index contributed by atoms with van der Waals surface area (Å²) in [7, 11) is 1.95. The lowest BCUT2D eigenvalue weighted by atomic mass is 10.1. The maximum atomic E-state index is 11.9. The molecular formula is C20H23N7O2. The molecule has 2 heterocycles. The monoisotopic (exact) mass is 393 g/mol. The molecular weight excluding hydrogens is 370 g/mol. The Labute approximate surface area is 167 Å². The van der Waals surface area contributed by atoms with Crippen LogP contribution in [0.25, 0.3) is 10.9 Å². The topological polar surface area (TPSA) is 141 Å². The fraction of sp³-hybridized carbons (Fsp3) is 0.300. The van der Waals surface area contributed by atoms with E-state index in [1.807, 2.05) is 42.1 Å². The quantitative estimate of drug-likeness (QED) is 0.460. The van der Waals surface area contributed by atoms with Crippen LogP contribution in [0.15, 0.2) is 36.7 Å². The van der Waals surface area contributed by atoms with E-state index in [2.05, 4.69) is 20.6 Å². The first-order valence-corrected chi connectivity index (χ1v) is 9.46. The number of fused-ring (bicyclic) bond motifs is 1. The third-order valence-electron chi connectivity index (χ3n) is 5.12. The highest BCUT2D eigenvalue weighted by molar-refractivity contribution is 5.99. The van der Waals surface area contributed by atoms with Gasteiger partial charge in [-0.1, -0.05) is 18.9 Å². The number of aryl methyl sites for hydroxylation is 1. The zero-order valence-corrected chi connectivity index (χ0v) is 16.1. The van der Waals surface area contributed by atoms with Gasteiger partial charge in [-0.05, 0) is 30.5 Å². The van der Waals surface area contributed by atoms with Crippen molar-refractivity contribution in [3.05, 3.63) is 42.4 Å². The lowest BCUT2D eigenvalue weighted by Gasteiger charge is -2.17. The van der Waals surface area contributed by atoms with E-state index in [0.717, 1.165) is 29.4 Å². The van der Waals surface area contributed by atoms with Crippen LogP contribution in [0.2, 0.25) is 0 Å². The number of hydrogen-bond donors (Lipinski definition) is 4. The molecule has 29 heavy (non-hydrogen) atoms. The number of nitrogens with zero attached hydrogens (tertiary/aromatic N) is 3. The SMILES string of the molecule is Cn1ccc2c(Nc3nc(NC(CC4CC4)C(N)=O)cnc3C(N)=O)cccc21. The molecule has 9 nitrogen and oxygen atoms in total. The Hall–Kier alpha value is -3.62. The first-order chi connectivity index (χ1) is 13.9. The molecule has 1 fully saturated rings. The number of aromatic nitrogens is 3. The summed E-state index contributed by atoms with van der Waals surface area (Å²) in [4.78, 5) is 32.2. The Morgan fingerprint density at radius 3 is 2.76 bits per heavy atom. The molecule has 0 aliphatic heterocycles. The summed E-state index contributed by atoms with van der Waals surface area (Å²) in [5.74, 6) is -0.0701. The molecule has 0 saturated heterocycles. The lowest BCUT2D eigenvalue weighted by molar-refractivity contribution is -0.118. The molecule has 1 atom stereocenters. The van der Waals surface area contributed by atoms with Crippen LogP contribution in [-0.2, 0) is 11.8 Å². The summed E-state index contributed by atoms with van der Waals surface area (Å²) >= 11 is 0. The first kappa shape index (κ1) is 18.7. The van der Waals surface area contributed by atoms with Crippen molar-refractivity contribution in [1.82, 2.24) is 14.5 Å². The molecule has 1 aliphatic carbocycles. The highest BCUT2D eigenvalue weighted by Gasteiger charge is 2.28. The number of benzene rings is 1. The van der Waals surface area contributed by atoms with Crippen LogP contribution in [0.1, 0.15) is 29.8 Å². The molecule has 1 unspecified atom stereocenters. The standard InChI is InChI=1S/C20H23N7O2/c1-27-8-7-12-13(3-2-4-15(12)27)25-20-17(19(22)29)23-10-16(26-20)24-14(18(21)28)9-11-5-6-11/h2-4,7-8,10-11,14H,5-6,9H2,1H3,(H2,21,28)(H2,22,29)(H2,24,25,26). The van der Waals surface area contributed by atoms with Gasteiger partial charge in [0.05, 0.1) is 6.20 Å². The van der Waals surface area contributed by atoms with Crippen LogP contribution < -0.4 is 22.1 Å². The molecule has 0 spiro atoms. The molecule has 3 aromatic rings. The highest BCUT2D eigenvalue weighted by Crippen LogP contribution is 2.34. The normalized spacial score (nSPS) is 14.5. The van der Waals surface area contributed by atoms with E-state index in [9.17, 15) is 9.59 Å². The van der Waals surface area contributed by atoms with Crippen LogP contribution >= 0.6 is 0 Å². The van der Waals surface area contributed by atoms with E-state index in [1.165, 1.54) is 6.20 Å². The summed E-state index contributed by atoms with van der Waals surface area (Å²) in [6, 6.07) is 7.21. The molecule has 2 amide bonds. The number of rotatable bonds is 8. The van der Waals surface area contributed by atoms with E-state index < -0.39 is 17.9 Å². The van der Waals surface area contributed by atoms with Crippen LogP contribution in [0.5, 0.6) is 0 Å². The lowest BCUT2D eigenvalue weighted by Crippen LogP contribution is -2.36. The number of nitrogens with two attached hydrogens (primary N) is 2. The van der Waals surface area contributed by atoms with Crippen LogP contribution in [-0.4, -0.2) is 32.4 Å². The maximum Gasteiger partial charge on any atom is 0.271 e. The van der Waals surface area contributed by atoms with Crippen molar-refractivity contribution in [2.75, 3.05) is 10.6 Å². The number of carbonyl (C=O) groups is 2. The van der Waals surface area contributed by atoms with Gasteiger partial charge in [-0.3, -0.25) is 9.59 Å². The second kappa shape index (κ2) is 7.42. The van der Waals surface area contributed by atoms with Gasteiger partial charge < -0.3 is 26.7 Å². The van der Waals surface area contributed by atoms with Gasteiger partial charge in [-0.15, -0.1) is 0 Å². The van der Waals surface area contributed by atoms with Crippen molar-refractivity contribution < 1.29 is 9.59 Å². The number of hydrogen-bond acceptors (Lipinski definition) is 6. The van der Waals surface area contributed by atoms with Gasteiger partial charge in [-0.25, -0.2) is 9.97 Å². The summed E-state index contributed by atoms with van der Waals surface area (Å²) in [6.07, 6.45) is 6.19. The number of nitrogens with one attached hydrogen (secondary N) is 2. The molecule has 0 radical (unpaired) electrons. The largest absolute Gasteiger partial charge is 0.368 e. The third-order valence-corrected chi connectivity index (χ3v) is 5.12. The summed E-state index contributed by atoms with van der Waals surface area (Å²) in [6.45, 7) is 0.